The highest BCUT2D eigenvalue weighted by Crippen LogP contribution is 2.32. The van der Waals surface area contributed by atoms with Crippen LogP contribution in [0.25, 0.3) is 0 Å². The molecule has 0 saturated heterocycles. The number of ether oxygens (including phenoxy) is 1. The lowest BCUT2D eigenvalue weighted by molar-refractivity contribution is -0.123. The third-order valence-electron chi connectivity index (χ3n) is 3.87. The lowest BCUT2D eigenvalue weighted by atomic mass is 10.1. The highest BCUT2D eigenvalue weighted by Gasteiger charge is 2.28. The van der Waals surface area contributed by atoms with Crippen LogP contribution in [0.1, 0.15) is 46.5 Å². The standard InChI is InChI=1S/C16H24N2O4S/c1-4-6-7-15-16(19)17-13-10-12(8-9-14(13)22-15)23(20,21)18-11(3)5-2/h8-11,15,18H,4-7H2,1-3H3,(H,17,19)/t11-,15-/m1/s1. The number of rotatable bonds is 7. The number of amides is 1. The topological polar surface area (TPSA) is 84.5 Å². The van der Waals surface area contributed by atoms with Gasteiger partial charge in [0.2, 0.25) is 10.0 Å². The van der Waals surface area contributed by atoms with Gasteiger partial charge in [-0.25, -0.2) is 13.1 Å². The second-order valence-electron chi connectivity index (χ2n) is 5.83. The van der Waals surface area contributed by atoms with E-state index in [-0.39, 0.29) is 16.8 Å². The van der Waals surface area contributed by atoms with E-state index in [2.05, 4.69) is 17.0 Å². The first-order valence-corrected chi connectivity index (χ1v) is 9.49. The van der Waals surface area contributed by atoms with Crippen LogP contribution in [0.3, 0.4) is 0 Å². The van der Waals surface area contributed by atoms with Crippen molar-refractivity contribution in [2.24, 2.45) is 0 Å². The van der Waals surface area contributed by atoms with Crippen LogP contribution in [0.4, 0.5) is 5.69 Å². The van der Waals surface area contributed by atoms with Gasteiger partial charge in [-0.2, -0.15) is 0 Å². The maximum Gasteiger partial charge on any atom is 0.265 e. The number of hydrogen-bond donors (Lipinski definition) is 2. The van der Waals surface area contributed by atoms with Gasteiger partial charge in [0, 0.05) is 6.04 Å². The van der Waals surface area contributed by atoms with Crippen molar-refractivity contribution in [1.82, 2.24) is 4.72 Å². The molecule has 0 aliphatic carbocycles. The molecule has 23 heavy (non-hydrogen) atoms. The first-order chi connectivity index (χ1) is 10.9. The molecule has 0 radical (unpaired) electrons. The Labute approximate surface area is 137 Å². The van der Waals surface area contributed by atoms with Crippen molar-refractivity contribution < 1.29 is 17.9 Å². The number of carbonyl (C=O) groups excluding carboxylic acids is 1. The van der Waals surface area contributed by atoms with Gasteiger partial charge in [-0.15, -0.1) is 0 Å². The van der Waals surface area contributed by atoms with Crippen molar-refractivity contribution >= 4 is 21.6 Å². The van der Waals surface area contributed by atoms with E-state index in [1.54, 1.807) is 13.0 Å². The number of hydrogen-bond acceptors (Lipinski definition) is 4. The molecule has 7 heteroatoms. The molecule has 2 rings (SSSR count). The number of fused-ring (bicyclic) bond motifs is 1. The second kappa shape index (κ2) is 7.31. The summed E-state index contributed by atoms with van der Waals surface area (Å²) in [6.07, 6.45) is 2.72. The van der Waals surface area contributed by atoms with Crippen molar-refractivity contribution in [2.75, 3.05) is 5.32 Å². The fourth-order valence-electron chi connectivity index (χ4n) is 2.29. The largest absolute Gasteiger partial charge is 0.478 e. The van der Waals surface area contributed by atoms with Gasteiger partial charge in [-0.3, -0.25) is 4.79 Å². The van der Waals surface area contributed by atoms with Gasteiger partial charge in [0.05, 0.1) is 10.6 Å². The summed E-state index contributed by atoms with van der Waals surface area (Å²) in [7, 11) is -3.61. The zero-order valence-electron chi connectivity index (χ0n) is 13.8. The molecule has 1 amide bonds. The van der Waals surface area contributed by atoms with E-state index < -0.39 is 16.1 Å². The molecule has 1 aromatic rings. The van der Waals surface area contributed by atoms with E-state index >= 15 is 0 Å². The van der Waals surface area contributed by atoms with Crippen molar-refractivity contribution in [2.45, 2.75) is 63.5 Å². The third-order valence-corrected chi connectivity index (χ3v) is 5.46. The average molecular weight is 340 g/mol. The molecule has 0 bridgehead atoms. The Bertz CT molecular complexity index is 673. The number of sulfonamides is 1. The van der Waals surface area contributed by atoms with Gasteiger partial charge in [0.25, 0.3) is 5.91 Å². The van der Waals surface area contributed by atoms with Crippen LogP contribution in [-0.2, 0) is 14.8 Å². The summed E-state index contributed by atoms with van der Waals surface area (Å²) in [5, 5.41) is 2.74. The SMILES string of the molecule is CCCC[C@H]1Oc2ccc(S(=O)(=O)N[C@H](C)CC)cc2NC1=O. The van der Waals surface area contributed by atoms with E-state index in [0.717, 1.165) is 12.8 Å². The lowest BCUT2D eigenvalue weighted by Gasteiger charge is -2.26. The minimum absolute atomic E-state index is 0.118. The zero-order chi connectivity index (χ0) is 17.0. The molecule has 0 aromatic heterocycles. The molecule has 0 unspecified atom stereocenters. The molecule has 6 nitrogen and oxygen atoms in total. The fourth-order valence-corrected chi connectivity index (χ4v) is 3.65. The molecule has 0 fully saturated rings. The first-order valence-electron chi connectivity index (χ1n) is 8.01. The minimum Gasteiger partial charge on any atom is -0.478 e. The maximum absolute atomic E-state index is 12.3. The molecule has 0 spiro atoms. The summed E-state index contributed by atoms with van der Waals surface area (Å²) >= 11 is 0. The Morgan fingerprint density at radius 3 is 2.74 bits per heavy atom. The molecule has 2 atom stereocenters. The van der Waals surface area contributed by atoms with Crippen LogP contribution < -0.4 is 14.8 Å². The van der Waals surface area contributed by atoms with Gasteiger partial charge < -0.3 is 10.1 Å². The Morgan fingerprint density at radius 1 is 1.35 bits per heavy atom. The third kappa shape index (κ3) is 4.23. The van der Waals surface area contributed by atoms with Crippen LogP contribution in [0.5, 0.6) is 5.75 Å². The monoisotopic (exact) mass is 340 g/mol. The summed E-state index contributed by atoms with van der Waals surface area (Å²) in [6, 6.07) is 4.38. The molecule has 0 saturated carbocycles. The van der Waals surface area contributed by atoms with Crippen LogP contribution in [-0.4, -0.2) is 26.5 Å². The smallest absolute Gasteiger partial charge is 0.265 e. The fraction of sp³-hybridized carbons (Fsp3) is 0.562. The van der Waals surface area contributed by atoms with E-state index in [4.69, 9.17) is 4.74 Å². The van der Waals surface area contributed by atoms with Crippen molar-refractivity contribution in [3.63, 3.8) is 0 Å². The van der Waals surface area contributed by atoms with Gasteiger partial charge >= 0.3 is 0 Å². The van der Waals surface area contributed by atoms with E-state index in [0.29, 0.717) is 24.3 Å². The van der Waals surface area contributed by atoms with E-state index in [1.165, 1.54) is 12.1 Å². The predicted octanol–water partition coefficient (Wildman–Crippen LogP) is 2.65. The highest BCUT2D eigenvalue weighted by atomic mass is 32.2. The van der Waals surface area contributed by atoms with Gasteiger partial charge in [0.1, 0.15) is 5.75 Å². The highest BCUT2D eigenvalue weighted by molar-refractivity contribution is 7.89. The molecule has 1 aromatic carbocycles. The lowest BCUT2D eigenvalue weighted by Crippen LogP contribution is -2.37. The number of nitrogens with one attached hydrogen (secondary N) is 2. The van der Waals surface area contributed by atoms with Crippen LogP contribution >= 0.6 is 0 Å². The van der Waals surface area contributed by atoms with E-state index in [1.807, 2.05) is 6.92 Å². The molecule has 2 N–H and O–H groups in total. The van der Waals surface area contributed by atoms with Crippen LogP contribution in [0.2, 0.25) is 0 Å². The Hall–Kier alpha value is -1.60. The van der Waals surface area contributed by atoms with Crippen molar-refractivity contribution in [3.05, 3.63) is 18.2 Å². The normalized spacial score (nSPS) is 18.7. The minimum atomic E-state index is -3.61. The summed E-state index contributed by atoms with van der Waals surface area (Å²) in [5.74, 6) is 0.281. The molecule has 1 aliphatic heterocycles. The predicted molar refractivity (Wildman–Crippen MR) is 89.1 cm³/mol. The van der Waals surface area contributed by atoms with E-state index in [9.17, 15) is 13.2 Å². The molecule has 128 valence electrons. The number of benzene rings is 1. The summed E-state index contributed by atoms with van der Waals surface area (Å²) in [5.41, 5.74) is 0.398. The van der Waals surface area contributed by atoms with Gasteiger partial charge in [-0.05, 0) is 44.4 Å². The Morgan fingerprint density at radius 2 is 2.09 bits per heavy atom. The molecule has 1 aliphatic rings. The van der Waals surface area contributed by atoms with Crippen LogP contribution in [0.15, 0.2) is 23.1 Å². The second-order valence-corrected chi connectivity index (χ2v) is 7.54. The zero-order valence-corrected chi connectivity index (χ0v) is 14.6. The van der Waals surface area contributed by atoms with Crippen LogP contribution in [0, 0.1) is 0 Å². The van der Waals surface area contributed by atoms with Crippen molar-refractivity contribution in [3.8, 4) is 5.75 Å². The number of unbranched alkanes of at least 4 members (excludes halogenated alkanes) is 1. The summed E-state index contributed by atoms with van der Waals surface area (Å²) in [6.45, 7) is 5.76. The number of anilines is 1. The van der Waals surface area contributed by atoms with Gasteiger partial charge in [0.15, 0.2) is 6.10 Å². The Kier molecular flexibility index (Phi) is 5.64. The quantitative estimate of drug-likeness (QED) is 0.799. The molecule has 1 heterocycles. The molecular formula is C16H24N2O4S. The first kappa shape index (κ1) is 17.7. The number of carbonyl (C=O) groups is 1. The summed E-state index contributed by atoms with van der Waals surface area (Å²) < 4.78 is 32.9. The summed E-state index contributed by atoms with van der Waals surface area (Å²) in [4.78, 5) is 12.2. The Balaban J connectivity index is 2.21. The average Bonchev–Trinajstić information content (AvgIpc) is 2.51. The molecular weight excluding hydrogens is 316 g/mol. The van der Waals surface area contributed by atoms with Gasteiger partial charge in [-0.1, -0.05) is 20.3 Å². The van der Waals surface area contributed by atoms with Crippen molar-refractivity contribution in [1.29, 1.82) is 0 Å². The maximum atomic E-state index is 12.3.